The van der Waals surface area contributed by atoms with Crippen LogP contribution in [0.3, 0.4) is 0 Å². The number of aromatic amines is 1. The van der Waals surface area contributed by atoms with Crippen molar-refractivity contribution in [3.63, 3.8) is 0 Å². The monoisotopic (exact) mass is 287 g/mol. The lowest BCUT2D eigenvalue weighted by Crippen LogP contribution is -2.01. The summed E-state index contributed by atoms with van der Waals surface area (Å²) in [5, 5.41) is 4.25. The highest BCUT2D eigenvalue weighted by molar-refractivity contribution is 8.00. The van der Waals surface area contributed by atoms with E-state index >= 15 is 0 Å². The first kappa shape index (κ1) is 13.6. The summed E-state index contributed by atoms with van der Waals surface area (Å²) in [6.45, 7) is 2.82. The molecule has 0 amide bonds. The molecule has 2 aromatic rings. The maximum absolute atomic E-state index is 4.29. The molecule has 0 saturated heterocycles. The highest BCUT2D eigenvalue weighted by Gasteiger charge is 2.15. The highest BCUT2D eigenvalue weighted by Crippen LogP contribution is 2.34. The van der Waals surface area contributed by atoms with Crippen LogP contribution in [-0.2, 0) is 6.54 Å². The number of anilines is 1. The number of imidazole rings is 1. The first-order valence-electron chi connectivity index (χ1n) is 7.31. The van der Waals surface area contributed by atoms with Gasteiger partial charge in [0.2, 0.25) is 0 Å². The fourth-order valence-corrected chi connectivity index (χ4v) is 3.85. The number of benzene rings is 1. The average Bonchev–Trinajstić information content (AvgIpc) is 3.10. The molecule has 1 aliphatic carbocycles. The Morgan fingerprint density at radius 1 is 1.25 bits per heavy atom. The number of nitrogens with one attached hydrogen (secondary N) is 2. The zero-order valence-electron chi connectivity index (χ0n) is 11.9. The standard InChI is InChI=1S/C16H21N3S/c1-12-16(19-11-18-12)10-17-13-6-8-15(9-7-13)20-14-4-2-3-5-14/h6-9,11,14,17H,2-5,10H2,1H3,(H,18,19). The predicted molar refractivity (Wildman–Crippen MR) is 85.2 cm³/mol. The van der Waals surface area contributed by atoms with E-state index in [0.29, 0.717) is 0 Å². The molecule has 1 saturated carbocycles. The van der Waals surface area contributed by atoms with Gasteiger partial charge < -0.3 is 10.3 Å². The molecule has 106 valence electrons. The number of aromatic nitrogens is 2. The molecule has 1 aromatic carbocycles. The lowest BCUT2D eigenvalue weighted by molar-refractivity contribution is 0.886. The van der Waals surface area contributed by atoms with E-state index in [4.69, 9.17) is 0 Å². The maximum Gasteiger partial charge on any atom is 0.0925 e. The molecule has 1 fully saturated rings. The fourth-order valence-electron chi connectivity index (χ4n) is 2.60. The number of thioether (sulfide) groups is 1. The Morgan fingerprint density at radius 2 is 2.00 bits per heavy atom. The summed E-state index contributed by atoms with van der Waals surface area (Å²) in [6, 6.07) is 8.78. The Labute approximate surface area is 124 Å². The van der Waals surface area contributed by atoms with Gasteiger partial charge in [0.25, 0.3) is 0 Å². The number of hydrogen-bond acceptors (Lipinski definition) is 3. The van der Waals surface area contributed by atoms with Gasteiger partial charge in [0.15, 0.2) is 0 Å². The van der Waals surface area contributed by atoms with Crippen LogP contribution in [0.5, 0.6) is 0 Å². The first-order chi connectivity index (χ1) is 9.81. The van der Waals surface area contributed by atoms with Crippen LogP contribution in [0.4, 0.5) is 5.69 Å². The molecule has 0 bridgehead atoms. The third kappa shape index (κ3) is 3.37. The minimum atomic E-state index is 0.768. The smallest absolute Gasteiger partial charge is 0.0925 e. The van der Waals surface area contributed by atoms with Gasteiger partial charge in [-0.05, 0) is 44.0 Å². The van der Waals surface area contributed by atoms with E-state index < -0.39 is 0 Å². The van der Waals surface area contributed by atoms with Crippen molar-refractivity contribution in [3.8, 4) is 0 Å². The largest absolute Gasteiger partial charge is 0.379 e. The summed E-state index contributed by atoms with van der Waals surface area (Å²) in [5.41, 5.74) is 3.36. The van der Waals surface area contributed by atoms with Crippen molar-refractivity contribution in [1.82, 2.24) is 9.97 Å². The van der Waals surface area contributed by atoms with Gasteiger partial charge in [0, 0.05) is 21.5 Å². The molecule has 1 aliphatic rings. The fraction of sp³-hybridized carbons (Fsp3) is 0.438. The van der Waals surface area contributed by atoms with E-state index in [0.717, 1.165) is 28.9 Å². The minimum Gasteiger partial charge on any atom is -0.379 e. The number of aryl methyl sites for hydroxylation is 1. The van der Waals surface area contributed by atoms with E-state index in [1.54, 1.807) is 6.33 Å². The van der Waals surface area contributed by atoms with Gasteiger partial charge in [0.05, 0.1) is 18.6 Å². The SMILES string of the molecule is Cc1[nH]cnc1CNc1ccc(SC2CCCC2)cc1. The molecular formula is C16H21N3S. The number of rotatable bonds is 5. The van der Waals surface area contributed by atoms with E-state index in [1.165, 1.54) is 30.6 Å². The van der Waals surface area contributed by atoms with Gasteiger partial charge in [-0.3, -0.25) is 0 Å². The Balaban J connectivity index is 1.54. The van der Waals surface area contributed by atoms with Crippen molar-refractivity contribution in [2.24, 2.45) is 0 Å². The van der Waals surface area contributed by atoms with Crippen LogP contribution in [0.25, 0.3) is 0 Å². The molecule has 3 rings (SSSR count). The molecule has 4 heteroatoms. The van der Waals surface area contributed by atoms with Gasteiger partial charge in [-0.25, -0.2) is 4.98 Å². The second-order valence-electron chi connectivity index (χ2n) is 5.38. The van der Waals surface area contributed by atoms with Crippen molar-refractivity contribution in [2.45, 2.75) is 49.3 Å². The van der Waals surface area contributed by atoms with E-state index in [9.17, 15) is 0 Å². The Morgan fingerprint density at radius 3 is 2.65 bits per heavy atom. The molecule has 2 N–H and O–H groups in total. The Kier molecular flexibility index (Phi) is 4.31. The van der Waals surface area contributed by atoms with Crippen LogP contribution >= 0.6 is 11.8 Å². The molecule has 1 heterocycles. The zero-order chi connectivity index (χ0) is 13.8. The van der Waals surface area contributed by atoms with Crippen LogP contribution in [0.2, 0.25) is 0 Å². The second kappa shape index (κ2) is 6.35. The van der Waals surface area contributed by atoms with Crippen molar-refractivity contribution in [1.29, 1.82) is 0 Å². The normalized spacial score (nSPS) is 15.7. The molecule has 1 aromatic heterocycles. The van der Waals surface area contributed by atoms with Crippen LogP contribution in [-0.4, -0.2) is 15.2 Å². The van der Waals surface area contributed by atoms with Gasteiger partial charge in [-0.2, -0.15) is 0 Å². The minimum absolute atomic E-state index is 0.768. The van der Waals surface area contributed by atoms with Gasteiger partial charge >= 0.3 is 0 Å². The topological polar surface area (TPSA) is 40.7 Å². The van der Waals surface area contributed by atoms with Crippen LogP contribution < -0.4 is 5.32 Å². The number of hydrogen-bond donors (Lipinski definition) is 2. The molecule has 0 spiro atoms. The van der Waals surface area contributed by atoms with E-state index in [2.05, 4.69) is 39.6 Å². The molecule has 0 unspecified atom stereocenters. The quantitative estimate of drug-likeness (QED) is 0.858. The van der Waals surface area contributed by atoms with Crippen LogP contribution in [0, 0.1) is 6.92 Å². The summed E-state index contributed by atoms with van der Waals surface area (Å²) in [5.74, 6) is 0. The van der Waals surface area contributed by atoms with Crippen molar-refractivity contribution >= 4 is 17.4 Å². The second-order valence-corrected chi connectivity index (χ2v) is 6.75. The average molecular weight is 287 g/mol. The Bertz CT molecular complexity index is 541. The highest BCUT2D eigenvalue weighted by atomic mass is 32.2. The summed E-state index contributed by atoms with van der Waals surface area (Å²) in [4.78, 5) is 8.78. The lowest BCUT2D eigenvalue weighted by atomic mass is 10.3. The van der Waals surface area contributed by atoms with Crippen LogP contribution in [0.1, 0.15) is 37.1 Å². The number of H-pyrrole nitrogens is 1. The number of nitrogens with zero attached hydrogens (tertiary/aromatic N) is 1. The van der Waals surface area contributed by atoms with Crippen LogP contribution in [0.15, 0.2) is 35.5 Å². The van der Waals surface area contributed by atoms with E-state index in [1.807, 2.05) is 18.7 Å². The lowest BCUT2D eigenvalue weighted by Gasteiger charge is -2.10. The maximum atomic E-state index is 4.29. The molecule has 20 heavy (non-hydrogen) atoms. The van der Waals surface area contributed by atoms with Gasteiger partial charge in [-0.15, -0.1) is 11.8 Å². The molecule has 0 radical (unpaired) electrons. The molecule has 0 aliphatic heterocycles. The summed E-state index contributed by atoms with van der Waals surface area (Å²) < 4.78 is 0. The molecule has 0 atom stereocenters. The third-order valence-corrected chi connectivity index (χ3v) is 5.20. The third-order valence-electron chi connectivity index (χ3n) is 3.85. The Hall–Kier alpha value is -1.42. The zero-order valence-corrected chi connectivity index (χ0v) is 12.7. The summed E-state index contributed by atoms with van der Waals surface area (Å²) >= 11 is 2.03. The van der Waals surface area contributed by atoms with Crippen molar-refractivity contribution < 1.29 is 0 Å². The van der Waals surface area contributed by atoms with Gasteiger partial charge in [0.1, 0.15) is 0 Å². The van der Waals surface area contributed by atoms with Crippen molar-refractivity contribution in [3.05, 3.63) is 42.0 Å². The van der Waals surface area contributed by atoms with E-state index in [-0.39, 0.29) is 0 Å². The molecule has 3 nitrogen and oxygen atoms in total. The first-order valence-corrected chi connectivity index (χ1v) is 8.18. The van der Waals surface area contributed by atoms with Crippen molar-refractivity contribution in [2.75, 3.05) is 5.32 Å². The summed E-state index contributed by atoms with van der Waals surface area (Å²) in [6.07, 6.45) is 7.31. The van der Waals surface area contributed by atoms with Gasteiger partial charge in [-0.1, -0.05) is 12.8 Å². The predicted octanol–water partition coefficient (Wildman–Crippen LogP) is 4.36. The summed E-state index contributed by atoms with van der Waals surface area (Å²) in [7, 11) is 0. The molecular weight excluding hydrogens is 266 g/mol.